The van der Waals surface area contributed by atoms with Gasteiger partial charge in [0.2, 0.25) is 0 Å². The predicted molar refractivity (Wildman–Crippen MR) is 106 cm³/mol. The van der Waals surface area contributed by atoms with Crippen LogP contribution in [0.2, 0.25) is 5.02 Å². The molecular weight excluding hydrogens is 362 g/mol. The summed E-state index contributed by atoms with van der Waals surface area (Å²) >= 11 is 6.07. The van der Waals surface area contributed by atoms with Crippen LogP contribution in [0.1, 0.15) is 40.1 Å². The zero-order chi connectivity index (χ0) is 19.4. The average Bonchev–Trinajstić information content (AvgIpc) is 3.10. The third-order valence-electron chi connectivity index (χ3n) is 4.30. The van der Waals surface area contributed by atoms with Crippen LogP contribution in [0, 0.1) is 13.8 Å². The maximum atomic E-state index is 12.5. The summed E-state index contributed by atoms with van der Waals surface area (Å²) in [7, 11) is 0. The van der Waals surface area contributed by atoms with Crippen molar-refractivity contribution in [1.29, 1.82) is 0 Å². The van der Waals surface area contributed by atoms with E-state index in [9.17, 15) is 4.79 Å². The van der Waals surface area contributed by atoms with E-state index in [2.05, 4.69) is 23.4 Å². The minimum atomic E-state index is -0.223. The van der Waals surface area contributed by atoms with Gasteiger partial charge in [0.25, 0.3) is 5.91 Å². The Kier molecular flexibility index (Phi) is 5.81. The molecule has 0 fully saturated rings. The second-order valence-electron chi connectivity index (χ2n) is 6.50. The van der Waals surface area contributed by atoms with E-state index in [1.54, 1.807) is 29.1 Å². The normalized spacial score (nSPS) is 11.9. The summed E-state index contributed by atoms with van der Waals surface area (Å²) in [5.41, 5.74) is 3.79. The van der Waals surface area contributed by atoms with Crippen molar-refractivity contribution >= 4 is 17.5 Å². The lowest BCUT2D eigenvalue weighted by molar-refractivity contribution is 0.0932. The smallest absolute Gasteiger partial charge is 0.272 e. The van der Waals surface area contributed by atoms with E-state index in [4.69, 9.17) is 16.3 Å². The van der Waals surface area contributed by atoms with Gasteiger partial charge in [-0.1, -0.05) is 47.5 Å². The molecule has 5 nitrogen and oxygen atoms in total. The molecule has 1 aromatic heterocycles. The van der Waals surface area contributed by atoms with Crippen LogP contribution in [-0.4, -0.2) is 15.7 Å². The summed E-state index contributed by atoms with van der Waals surface area (Å²) in [5.74, 6) is 0.350. The number of aromatic nitrogens is 2. The van der Waals surface area contributed by atoms with Gasteiger partial charge in [-0.25, -0.2) is 4.68 Å². The van der Waals surface area contributed by atoms with Gasteiger partial charge < -0.3 is 10.1 Å². The highest BCUT2D eigenvalue weighted by molar-refractivity contribution is 6.32. The average molecular weight is 384 g/mol. The topological polar surface area (TPSA) is 56.2 Å². The molecule has 0 saturated carbocycles. The summed E-state index contributed by atoms with van der Waals surface area (Å²) in [6.07, 6.45) is 1.70. The first-order chi connectivity index (χ1) is 12.9. The van der Waals surface area contributed by atoms with E-state index < -0.39 is 0 Å². The minimum absolute atomic E-state index is 0.109. The predicted octanol–water partition coefficient (Wildman–Crippen LogP) is 4.68. The fourth-order valence-corrected chi connectivity index (χ4v) is 3.10. The van der Waals surface area contributed by atoms with Crippen molar-refractivity contribution in [3.8, 4) is 5.75 Å². The van der Waals surface area contributed by atoms with Gasteiger partial charge in [-0.15, -0.1) is 0 Å². The first-order valence-corrected chi connectivity index (χ1v) is 9.10. The molecule has 3 rings (SSSR count). The van der Waals surface area contributed by atoms with E-state index >= 15 is 0 Å². The zero-order valence-electron chi connectivity index (χ0n) is 15.6. The number of halogens is 1. The Morgan fingerprint density at radius 3 is 2.74 bits per heavy atom. The van der Waals surface area contributed by atoms with Crippen molar-refractivity contribution in [2.45, 2.75) is 33.5 Å². The van der Waals surface area contributed by atoms with Crippen LogP contribution < -0.4 is 10.1 Å². The third kappa shape index (κ3) is 4.68. The van der Waals surface area contributed by atoms with E-state index in [-0.39, 0.29) is 18.7 Å². The standard InChI is InChI=1S/C21H22ClN3O2/c1-14-8-9-17(15(2)12-14)16(3)23-21(26)19-10-11-25(24-19)13-27-20-7-5-4-6-18(20)22/h4-12,16H,13H2,1-3H3,(H,23,26). The van der Waals surface area contributed by atoms with Crippen molar-refractivity contribution in [2.75, 3.05) is 0 Å². The van der Waals surface area contributed by atoms with Gasteiger partial charge in [-0.05, 0) is 50.1 Å². The van der Waals surface area contributed by atoms with Gasteiger partial charge in [-0.2, -0.15) is 5.10 Å². The zero-order valence-corrected chi connectivity index (χ0v) is 16.3. The lowest BCUT2D eigenvalue weighted by atomic mass is 10.0. The molecule has 0 saturated heterocycles. The summed E-state index contributed by atoms with van der Waals surface area (Å²) in [6, 6.07) is 15.0. The summed E-state index contributed by atoms with van der Waals surface area (Å²) in [5, 5.41) is 7.80. The highest BCUT2D eigenvalue weighted by Crippen LogP contribution is 2.23. The van der Waals surface area contributed by atoms with Crippen molar-refractivity contribution in [3.63, 3.8) is 0 Å². The number of hydrogen-bond donors (Lipinski definition) is 1. The first-order valence-electron chi connectivity index (χ1n) is 8.73. The monoisotopic (exact) mass is 383 g/mol. The molecule has 3 aromatic rings. The number of amides is 1. The molecular formula is C21H22ClN3O2. The summed E-state index contributed by atoms with van der Waals surface area (Å²) < 4.78 is 7.19. The molecule has 6 heteroatoms. The maximum Gasteiger partial charge on any atom is 0.272 e. The van der Waals surface area contributed by atoms with Crippen LogP contribution in [0.4, 0.5) is 0 Å². The second-order valence-corrected chi connectivity index (χ2v) is 6.91. The van der Waals surface area contributed by atoms with Gasteiger partial charge in [-0.3, -0.25) is 4.79 Å². The van der Waals surface area contributed by atoms with Gasteiger partial charge in [0.05, 0.1) is 11.1 Å². The Hall–Kier alpha value is -2.79. The van der Waals surface area contributed by atoms with Crippen LogP contribution in [0.5, 0.6) is 5.75 Å². The number of hydrogen-bond acceptors (Lipinski definition) is 3. The van der Waals surface area contributed by atoms with E-state index in [0.29, 0.717) is 16.5 Å². The molecule has 1 amide bonds. The van der Waals surface area contributed by atoms with Crippen LogP contribution in [-0.2, 0) is 6.73 Å². The number of benzene rings is 2. The molecule has 0 aliphatic heterocycles. The lowest BCUT2D eigenvalue weighted by Gasteiger charge is -2.16. The Morgan fingerprint density at radius 2 is 2.00 bits per heavy atom. The van der Waals surface area contributed by atoms with Crippen LogP contribution in [0.3, 0.4) is 0 Å². The van der Waals surface area contributed by atoms with E-state index in [1.165, 1.54) is 5.56 Å². The number of carbonyl (C=O) groups excluding carboxylic acids is 1. The largest absolute Gasteiger partial charge is 0.470 e. The molecule has 1 N–H and O–H groups in total. The number of aryl methyl sites for hydroxylation is 2. The Labute approximate surface area is 163 Å². The summed E-state index contributed by atoms with van der Waals surface area (Å²) in [6.45, 7) is 6.24. The van der Waals surface area contributed by atoms with Gasteiger partial charge in [0.1, 0.15) is 11.4 Å². The third-order valence-corrected chi connectivity index (χ3v) is 4.61. The Morgan fingerprint density at radius 1 is 1.22 bits per heavy atom. The van der Waals surface area contributed by atoms with Gasteiger partial charge in [0.15, 0.2) is 6.73 Å². The first kappa shape index (κ1) is 19.0. The maximum absolute atomic E-state index is 12.5. The number of ether oxygens (including phenoxy) is 1. The van der Waals surface area contributed by atoms with Crippen molar-refractivity contribution in [1.82, 2.24) is 15.1 Å². The molecule has 1 unspecified atom stereocenters. The molecule has 2 aromatic carbocycles. The molecule has 0 aliphatic rings. The number of para-hydroxylation sites is 1. The van der Waals surface area contributed by atoms with Crippen LogP contribution in [0.15, 0.2) is 54.7 Å². The second kappa shape index (κ2) is 8.27. The molecule has 0 radical (unpaired) electrons. The van der Waals surface area contributed by atoms with Crippen molar-refractivity contribution in [3.05, 3.63) is 82.1 Å². The van der Waals surface area contributed by atoms with Crippen molar-refractivity contribution < 1.29 is 9.53 Å². The highest BCUT2D eigenvalue weighted by Gasteiger charge is 2.15. The number of rotatable bonds is 6. The molecule has 1 atom stereocenters. The fourth-order valence-electron chi connectivity index (χ4n) is 2.91. The van der Waals surface area contributed by atoms with Crippen LogP contribution >= 0.6 is 11.6 Å². The minimum Gasteiger partial charge on any atom is -0.470 e. The van der Waals surface area contributed by atoms with E-state index in [0.717, 1.165) is 11.1 Å². The molecule has 0 spiro atoms. The summed E-state index contributed by atoms with van der Waals surface area (Å²) in [4.78, 5) is 12.5. The molecule has 0 bridgehead atoms. The highest BCUT2D eigenvalue weighted by atomic mass is 35.5. The number of carbonyl (C=O) groups is 1. The Bertz CT molecular complexity index is 952. The Balaban J connectivity index is 1.62. The number of nitrogens with one attached hydrogen (secondary N) is 1. The number of nitrogens with zero attached hydrogens (tertiary/aromatic N) is 2. The quantitative estimate of drug-likeness (QED) is 0.672. The van der Waals surface area contributed by atoms with E-state index in [1.807, 2.05) is 38.1 Å². The molecule has 140 valence electrons. The molecule has 0 aliphatic carbocycles. The van der Waals surface area contributed by atoms with Crippen molar-refractivity contribution in [2.24, 2.45) is 0 Å². The van der Waals surface area contributed by atoms with Crippen LogP contribution in [0.25, 0.3) is 0 Å². The molecule has 1 heterocycles. The lowest BCUT2D eigenvalue weighted by Crippen LogP contribution is -2.27. The molecule has 27 heavy (non-hydrogen) atoms. The van der Waals surface area contributed by atoms with Gasteiger partial charge in [0, 0.05) is 6.20 Å². The fraction of sp³-hybridized carbons (Fsp3) is 0.238. The SMILES string of the molecule is Cc1ccc(C(C)NC(=O)c2ccn(COc3ccccc3Cl)n2)c(C)c1. The van der Waals surface area contributed by atoms with Gasteiger partial charge >= 0.3 is 0 Å².